The van der Waals surface area contributed by atoms with Gasteiger partial charge >= 0.3 is 0 Å². The molecule has 0 radical (unpaired) electrons. The number of nitrogens with zero attached hydrogens (tertiary/aromatic N) is 1. The molecule has 8 heteroatoms. The summed E-state index contributed by atoms with van der Waals surface area (Å²) in [5, 5.41) is 4.96. The predicted octanol–water partition coefficient (Wildman–Crippen LogP) is 0.644. The number of halogens is 2. The Hall–Kier alpha value is -1.54. The van der Waals surface area contributed by atoms with Crippen molar-refractivity contribution < 1.29 is 22.0 Å². The van der Waals surface area contributed by atoms with Crippen molar-refractivity contribution in [1.82, 2.24) is 4.90 Å². The summed E-state index contributed by atoms with van der Waals surface area (Å²) >= 11 is 0. The molecule has 1 saturated heterocycles. The lowest BCUT2D eigenvalue weighted by molar-refractivity contribution is -0.127. The Morgan fingerprint density at radius 3 is 2.67 bits per heavy atom. The van der Waals surface area contributed by atoms with Gasteiger partial charge in [-0.15, -0.1) is 0 Å². The Morgan fingerprint density at radius 1 is 1.33 bits per heavy atom. The summed E-state index contributed by atoms with van der Waals surface area (Å²) in [7, 11) is -3.61. The van der Waals surface area contributed by atoms with Gasteiger partial charge in [-0.05, 0) is 18.1 Å². The lowest BCUT2D eigenvalue weighted by Crippen LogP contribution is -2.29. The molecule has 1 aliphatic rings. The van der Waals surface area contributed by atoms with Crippen molar-refractivity contribution in [1.29, 1.82) is 0 Å². The molecule has 0 saturated carbocycles. The molecule has 0 bridgehead atoms. The first-order chi connectivity index (χ1) is 9.74. The van der Waals surface area contributed by atoms with E-state index in [0.717, 1.165) is 12.1 Å². The third kappa shape index (κ3) is 4.47. The maximum Gasteiger partial charge on any atom is 0.222 e. The van der Waals surface area contributed by atoms with E-state index in [1.807, 2.05) is 0 Å². The summed E-state index contributed by atoms with van der Waals surface area (Å²) in [6.07, 6.45) is 0.377. The van der Waals surface area contributed by atoms with E-state index < -0.39 is 21.7 Å². The van der Waals surface area contributed by atoms with Gasteiger partial charge in [-0.25, -0.2) is 22.3 Å². The molecular formula is C13H16F2N2O3S. The van der Waals surface area contributed by atoms with E-state index in [0.29, 0.717) is 5.56 Å². The monoisotopic (exact) mass is 318 g/mol. The normalized spacial score (nSPS) is 19.3. The summed E-state index contributed by atoms with van der Waals surface area (Å²) in [6, 6.07) is 3.30. The number of primary sulfonamides is 1. The van der Waals surface area contributed by atoms with Crippen LogP contribution in [-0.2, 0) is 21.2 Å². The summed E-state index contributed by atoms with van der Waals surface area (Å²) in [5.41, 5.74) is 0.319. The Balaban J connectivity index is 1.93. The van der Waals surface area contributed by atoms with E-state index >= 15 is 0 Å². The van der Waals surface area contributed by atoms with Crippen LogP contribution in [0, 0.1) is 17.6 Å². The molecule has 0 aromatic heterocycles. The first-order valence-electron chi connectivity index (χ1n) is 6.47. The average molecular weight is 318 g/mol. The zero-order valence-electron chi connectivity index (χ0n) is 11.3. The third-order valence-corrected chi connectivity index (χ3v) is 4.36. The molecule has 1 fully saturated rings. The molecule has 5 nitrogen and oxygen atoms in total. The van der Waals surface area contributed by atoms with Crippen LogP contribution in [0.25, 0.3) is 0 Å². The number of carbonyl (C=O) groups excluding carboxylic acids is 1. The smallest absolute Gasteiger partial charge is 0.222 e. The van der Waals surface area contributed by atoms with Crippen LogP contribution in [0.5, 0.6) is 0 Å². The molecule has 1 atom stereocenters. The van der Waals surface area contributed by atoms with Gasteiger partial charge < -0.3 is 4.90 Å². The molecule has 21 heavy (non-hydrogen) atoms. The van der Waals surface area contributed by atoms with Gasteiger partial charge in [0.25, 0.3) is 0 Å². The molecule has 1 amide bonds. The highest BCUT2D eigenvalue weighted by Gasteiger charge is 2.31. The Bertz CT molecular complexity index is 649. The van der Waals surface area contributed by atoms with E-state index in [1.165, 1.54) is 11.0 Å². The van der Waals surface area contributed by atoms with Crippen molar-refractivity contribution in [2.75, 3.05) is 18.8 Å². The number of nitrogens with two attached hydrogens (primary N) is 1. The fourth-order valence-corrected chi connectivity index (χ4v) is 3.37. The van der Waals surface area contributed by atoms with Crippen LogP contribution >= 0.6 is 0 Å². The minimum absolute atomic E-state index is 0.127. The van der Waals surface area contributed by atoms with Crippen molar-refractivity contribution in [3.63, 3.8) is 0 Å². The fraction of sp³-hybridized carbons (Fsp3) is 0.462. The first kappa shape index (κ1) is 15.8. The summed E-state index contributed by atoms with van der Waals surface area (Å²) in [4.78, 5) is 13.3. The second-order valence-electron chi connectivity index (χ2n) is 5.23. The van der Waals surface area contributed by atoms with Crippen LogP contribution in [0.1, 0.15) is 12.0 Å². The SMILES string of the molecule is NS(=O)(=O)CC1CC(=O)N(CCc2ccc(F)cc2F)C1. The maximum atomic E-state index is 13.5. The number of carbonyl (C=O) groups is 1. The Kier molecular flexibility index (Phi) is 4.58. The van der Waals surface area contributed by atoms with Crippen molar-refractivity contribution >= 4 is 15.9 Å². The van der Waals surface area contributed by atoms with E-state index in [-0.39, 0.29) is 43.5 Å². The quantitative estimate of drug-likeness (QED) is 0.865. The van der Waals surface area contributed by atoms with Crippen LogP contribution in [0.15, 0.2) is 18.2 Å². The molecular weight excluding hydrogens is 302 g/mol. The van der Waals surface area contributed by atoms with Gasteiger partial charge in [0, 0.05) is 31.5 Å². The minimum atomic E-state index is -3.61. The summed E-state index contributed by atoms with van der Waals surface area (Å²) in [5.74, 6) is -2.04. The van der Waals surface area contributed by atoms with Crippen LogP contribution in [0.4, 0.5) is 8.78 Å². The van der Waals surface area contributed by atoms with Gasteiger partial charge in [-0.3, -0.25) is 4.79 Å². The van der Waals surface area contributed by atoms with Gasteiger partial charge in [0.2, 0.25) is 15.9 Å². The van der Waals surface area contributed by atoms with Gasteiger partial charge in [-0.1, -0.05) is 6.07 Å². The number of hydrogen-bond acceptors (Lipinski definition) is 3. The predicted molar refractivity (Wildman–Crippen MR) is 72.7 cm³/mol. The van der Waals surface area contributed by atoms with E-state index in [1.54, 1.807) is 0 Å². The zero-order valence-corrected chi connectivity index (χ0v) is 12.1. The largest absolute Gasteiger partial charge is 0.342 e. The van der Waals surface area contributed by atoms with E-state index in [4.69, 9.17) is 5.14 Å². The number of hydrogen-bond donors (Lipinski definition) is 1. The standard InChI is InChI=1S/C13H16F2N2O3S/c14-11-2-1-10(12(15)6-11)3-4-17-7-9(5-13(17)18)8-21(16,19)20/h1-2,6,9H,3-5,7-8H2,(H2,16,19,20). The molecule has 116 valence electrons. The van der Waals surface area contributed by atoms with E-state index in [2.05, 4.69) is 0 Å². The summed E-state index contributed by atoms with van der Waals surface area (Å²) < 4.78 is 48.3. The van der Waals surface area contributed by atoms with Crippen molar-refractivity contribution in [3.8, 4) is 0 Å². The second kappa shape index (κ2) is 6.07. The summed E-state index contributed by atoms with van der Waals surface area (Å²) in [6.45, 7) is 0.556. The number of sulfonamides is 1. The van der Waals surface area contributed by atoms with Crippen molar-refractivity contribution in [2.45, 2.75) is 12.8 Å². The van der Waals surface area contributed by atoms with Gasteiger partial charge in [-0.2, -0.15) is 0 Å². The Morgan fingerprint density at radius 2 is 2.05 bits per heavy atom. The Labute approximate surface area is 121 Å². The second-order valence-corrected chi connectivity index (χ2v) is 6.88. The molecule has 1 heterocycles. The zero-order chi connectivity index (χ0) is 15.6. The van der Waals surface area contributed by atoms with Crippen molar-refractivity contribution in [2.24, 2.45) is 11.1 Å². The first-order valence-corrected chi connectivity index (χ1v) is 8.18. The van der Waals surface area contributed by atoms with Gasteiger partial charge in [0.05, 0.1) is 5.75 Å². The molecule has 0 aliphatic carbocycles. The van der Waals surface area contributed by atoms with Gasteiger partial charge in [0.15, 0.2) is 0 Å². The minimum Gasteiger partial charge on any atom is -0.342 e. The third-order valence-electron chi connectivity index (χ3n) is 3.43. The molecule has 1 aromatic rings. The molecule has 0 spiro atoms. The average Bonchev–Trinajstić information content (AvgIpc) is 2.66. The number of rotatable bonds is 5. The van der Waals surface area contributed by atoms with Gasteiger partial charge in [0.1, 0.15) is 11.6 Å². The molecule has 2 rings (SSSR count). The lowest BCUT2D eigenvalue weighted by Gasteiger charge is -2.16. The number of benzene rings is 1. The highest BCUT2D eigenvalue weighted by atomic mass is 32.2. The highest BCUT2D eigenvalue weighted by Crippen LogP contribution is 2.20. The maximum absolute atomic E-state index is 13.5. The van der Waals surface area contributed by atoms with Crippen LogP contribution in [-0.4, -0.2) is 38.1 Å². The lowest BCUT2D eigenvalue weighted by atomic mass is 10.1. The topological polar surface area (TPSA) is 80.5 Å². The molecule has 2 N–H and O–H groups in total. The number of amides is 1. The van der Waals surface area contributed by atoms with E-state index in [9.17, 15) is 22.0 Å². The number of likely N-dealkylation sites (tertiary alicyclic amines) is 1. The molecule has 1 unspecified atom stereocenters. The van der Waals surface area contributed by atoms with Crippen LogP contribution < -0.4 is 5.14 Å². The van der Waals surface area contributed by atoms with Crippen molar-refractivity contribution in [3.05, 3.63) is 35.4 Å². The molecule has 1 aliphatic heterocycles. The molecule has 1 aromatic carbocycles. The van der Waals surface area contributed by atoms with Crippen LogP contribution in [0.3, 0.4) is 0 Å². The van der Waals surface area contributed by atoms with Crippen LogP contribution in [0.2, 0.25) is 0 Å². The highest BCUT2D eigenvalue weighted by molar-refractivity contribution is 7.89. The fourth-order valence-electron chi connectivity index (χ4n) is 2.49.